The van der Waals surface area contributed by atoms with Crippen molar-refractivity contribution in [1.29, 1.82) is 0 Å². The minimum atomic E-state index is -0.562. The van der Waals surface area contributed by atoms with Crippen molar-refractivity contribution in [2.45, 2.75) is 0 Å². The first-order chi connectivity index (χ1) is 14.1. The first-order valence-electron chi connectivity index (χ1n) is 8.50. The molecule has 0 atom stereocenters. The fourth-order valence-electron chi connectivity index (χ4n) is 2.38. The normalized spacial score (nSPS) is 10.5. The highest BCUT2D eigenvalue weighted by atomic mass is 16.6. The van der Waals surface area contributed by atoms with Crippen molar-refractivity contribution >= 4 is 18.1 Å². The summed E-state index contributed by atoms with van der Waals surface area (Å²) in [6.45, 7) is 0. The standard InChI is InChI=1S/C21H17N3O5/c1-28-19-11-14(12-23-24-20(26)16-6-2-3-7-17(16)25)8-9-18(19)29-21(27)15-5-4-10-22-13-15/h2-13,25H,1H3,(H,24,26). The van der Waals surface area contributed by atoms with Crippen LogP contribution in [0.2, 0.25) is 0 Å². The molecule has 8 heteroatoms. The van der Waals surface area contributed by atoms with E-state index in [-0.39, 0.29) is 17.1 Å². The number of nitrogens with zero attached hydrogens (tertiary/aromatic N) is 2. The van der Waals surface area contributed by atoms with Crippen molar-refractivity contribution in [3.63, 3.8) is 0 Å². The summed E-state index contributed by atoms with van der Waals surface area (Å²) < 4.78 is 10.6. The number of rotatable bonds is 6. The molecule has 2 aromatic carbocycles. The van der Waals surface area contributed by atoms with Crippen LogP contribution >= 0.6 is 0 Å². The largest absolute Gasteiger partial charge is 0.507 e. The summed E-state index contributed by atoms with van der Waals surface area (Å²) in [6.07, 6.45) is 4.36. The van der Waals surface area contributed by atoms with E-state index >= 15 is 0 Å². The third kappa shape index (κ3) is 4.95. The minimum absolute atomic E-state index is 0.111. The summed E-state index contributed by atoms with van der Waals surface area (Å²) in [5.41, 5.74) is 3.35. The molecule has 0 saturated carbocycles. The molecule has 1 amide bonds. The van der Waals surface area contributed by atoms with Crippen molar-refractivity contribution in [2.24, 2.45) is 5.10 Å². The zero-order chi connectivity index (χ0) is 20.6. The maximum atomic E-state index is 12.2. The lowest BCUT2D eigenvalue weighted by molar-refractivity contribution is 0.0729. The van der Waals surface area contributed by atoms with E-state index < -0.39 is 11.9 Å². The molecular formula is C21H17N3O5. The maximum Gasteiger partial charge on any atom is 0.345 e. The molecule has 0 aliphatic rings. The quantitative estimate of drug-likeness (QED) is 0.289. The number of benzene rings is 2. The Morgan fingerprint density at radius 3 is 2.66 bits per heavy atom. The number of nitrogens with one attached hydrogen (secondary N) is 1. The maximum absolute atomic E-state index is 12.2. The lowest BCUT2D eigenvalue weighted by Gasteiger charge is -2.09. The van der Waals surface area contributed by atoms with Crippen molar-refractivity contribution in [2.75, 3.05) is 7.11 Å². The lowest BCUT2D eigenvalue weighted by Crippen LogP contribution is -2.17. The van der Waals surface area contributed by atoms with E-state index in [1.54, 1.807) is 48.7 Å². The minimum Gasteiger partial charge on any atom is -0.507 e. The number of methoxy groups -OCH3 is 1. The van der Waals surface area contributed by atoms with Crippen LogP contribution in [0.15, 0.2) is 72.1 Å². The Bertz CT molecular complexity index is 1050. The Balaban J connectivity index is 1.68. The van der Waals surface area contributed by atoms with Crippen LogP contribution in [-0.2, 0) is 0 Å². The van der Waals surface area contributed by atoms with Crippen LogP contribution in [0.4, 0.5) is 0 Å². The summed E-state index contributed by atoms with van der Waals surface area (Å²) in [4.78, 5) is 28.1. The monoisotopic (exact) mass is 391 g/mol. The lowest BCUT2D eigenvalue weighted by atomic mass is 10.2. The van der Waals surface area contributed by atoms with Crippen LogP contribution in [-0.4, -0.2) is 35.3 Å². The Kier molecular flexibility index (Phi) is 6.16. The van der Waals surface area contributed by atoms with Gasteiger partial charge in [-0.1, -0.05) is 12.1 Å². The summed E-state index contributed by atoms with van der Waals surface area (Å²) in [7, 11) is 1.44. The highest BCUT2D eigenvalue weighted by Gasteiger charge is 2.13. The number of hydrogen-bond donors (Lipinski definition) is 2. The van der Waals surface area contributed by atoms with E-state index in [1.807, 2.05) is 0 Å². The van der Waals surface area contributed by atoms with Gasteiger partial charge in [-0.05, 0) is 48.0 Å². The Morgan fingerprint density at radius 2 is 1.93 bits per heavy atom. The van der Waals surface area contributed by atoms with Gasteiger partial charge in [0.25, 0.3) is 5.91 Å². The van der Waals surface area contributed by atoms with Crippen molar-refractivity contribution in [1.82, 2.24) is 10.4 Å². The molecule has 0 aliphatic heterocycles. The van der Waals surface area contributed by atoms with Gasteiger partial charge in [0, 0.05) is 12.4 Å². The van der Waals surface area contributed by atoms with Gasteiger partial charge in [-0.15, -0.1) is 0 Å². The van der Waals surface area contributed by atoms with Crippen molar-refractivity contribution in [3.05, 3.63) is 83.7 Å². The van der Waals surface area contributed by atoms with Crippen LogP contribution in [0.3, 0.4) is 0 Å². The third-order valence-corrected chi connectivity index (χ3v) is 3.82. The van der Waals surface area contributed by atoms with E-state index in [0.717, 1.165) is 0 Å². The molecule has 2 N–H and O–H groups in total. The number of ether oxygens (including phenoxy) is 2. The fraction of sp³-hybridized carbons (Fsp3) is 0.0476. The van der Waals surface area contributed by atoms with Crippen LogP contribution in [0.25, 0.3) is 0 Å². The zero-order valence-corrected chi connectivity index (χ0v) is 15.4. The van der Waals surface area contributed by atoms with Crippen LogP contribution in [0.5, 0.6) is 17.2 Å². The number of aromatic nitrogens is 1. The molecule has 29 heavy (non-hydrogen) atoms. The second-order valence-electron chi connectivity index (χ2n) is 5.76. The highest BCUT2D eigenvalue weighted by molar-refractivity contribution is 5.97. The first-order valence-corrected chi connectivity index (χ1v) is 8.50. The van der Waals surface area contributed by atoms with Gasteiger partial charge in [0.1, 0.15) is 5.75 Å². The molecule has 0 bridgehead atoms. The Morgan fingerprint density at radius 1 is 1.10 bits per heavy atom. The van der Waals surface area contributed by atoms with Gasteiger partial charge in [-0.2, -0.15) is 5.10 Å². The predicted molar refractivity (Wildman–Crippen MR) is 105 cm³/mol. The number of hydrogen-bond acceptors (Lipinski definition) is 7. The van der Waals surface area contributed by atoms with E-state index in [4.69, 9.17) is 9.47 Å². The molecule has 1 heterocycles. The van der Waals surface area contributed by atoms with Gasteiger partial charge in [0.15, 0.2) is 11.5 Å². The van der Waals surface area contributed by atoms with Crippen LogP contribution < -0.4 is 14.9 Å². The van der Waals surface area contributed by atoms with E-state index in [1.165, 1.54) is 31.7 Å². The van der Waals surface area contributed by atoms with Crippen molar-refractivity contribution in [3.8, 4) is 17.2 Å². The Hall–Kier alpha value is -4.20. The smallest absolute Gasteiger partial charge is 0.345 e. The SMILES string of the molecule is COc1cc(C=NNC(=O)c2ccccc2O)ccc1OC(=O)c1cccnc1. The van der Waals surface area contributed by atoms with Gasteiger partial charge in [0.05, 0.1) is 24.5 Å². The molecule has 8 nitrogen and oxygen atoms in total. The number of phenolic OH excluding ortho intramolecular Hbond substituents is 1. The summed E-state index contributed by atoms with van der Waals surface area (Å²) >= 11 is 0. The summed E-state index contributed by atoms with van der Waals surface area (Å²) in [5, 5.41) is 13.5. The fourth-order valence-corrected chi connectivity index (χ4v) is 2.38. The van der Waals surface area contributed by atoms with Gasteiger partial charge in [-0.25, -0.2) is 10.2 Å². The van der Waals surface area contributed by atoms with Crippen LogP contribution in [0.1, 0.15) is 26.3 Å². The second-order valence-corrected chi connectivity index (χ2v) is 5.76. The van der Waals surface area contributed by atoms with E-state index in [2.05, 4.69) is 15.5 Å². The van der Waals surface area contributed by atoms with Gasteiger partial charge >= 0.3 is 5.97 Å². The van der Waals surface area contributed by atoms with Gasteiger partial charge in [0.2, 0.25) is 0 Å². The average Bonchev–Trinajstić information content (AvgIpc) is 2.75. The second kappa shape index (κ2) is 9.14. The number of para-hydroxylation sites is 1. The molecule has 146 valence electrons. The zero-order valence-electron chi connectivity index (χ0n) is 15.4. The van der Waals surface area contributed by atoms with Crippen molar-refractivity contribution < 1.29 is 24.2 Å². The topological polar surface area (TPSA) is 110 Å². The number of amides is 1. The number of carbonyl (C=O) groups is 2. The van der Waals surface area contributed by atoms with E-state index in [9.17, 15) is 14.7 Å². The number of phenols is 1. The number of carbonyl (C=O) groups excluding carboxylic acids is 2. The van der Waals surface area contributed by atoms with Crippen LogP contribution in [0, 0.1) is 0 Å². The number of hydrazone groups is 1. The summed E-state index contributed by atoms with van der Waals surface area (Å²) in [5.74, 6) is -0.697. The van der Waals surface area contributed by atoms with Gasteiger partial charge in [-0.3, -0.25) is 9.78 Å². The molecule has 0 unspecified atom stereocenters. The molecule has 1 aromatic heterocycles. The molecule has 3 rings (SSSR count). The van der Waals surface area contributed by atoms with Gasteiger partial charge < -0.3 is 14.6 Å². The number of aromatic hydroxyl groups is 1. The Labute approximate surface area is 166 Å². The van der Waals surface area contributed by atoms with E-state index in [0.29, 0.717) is 16.9 Å². The molecule has 0 radical (unpaired) electrons. The predicted octanol–water partition coefficient (Wildman–Crippen LogP) is 2.78. The average molecular weight is 391 g/mol. The molecule has 0 spiro atoms. The number of pyridine rings is 1. The highest BCUT2D eigenvalue weighted by Crippen LogP contribution is 2.28. The molecule has 0 saturated heterocycles. The number of esters is 1. The molecule has 0 fully saturated rings. The molecular weight excluding hydrogens is 374 g/mol. The third-order valence-electron chi connectivity index (χ3n) is 3.82. The molecule has 3 aromatic rings. The summed E-state index contributed by atoms with van der Waals surface area (Å²) in [6, 6.07) is 14.2. The molecule has 0 aliphatic carbocycles. The first kappa shape index (κ1) is 19.6.